The van der Waals surface area contributed by atoms with Crippen LogP contribution in [0, 0.1) is 13.8 Å². The van der Waals surface area contributed by atoms with E-state index in [9.17, 15) is 9.59 Å². The summed E-state index contributed by atoms with van der Waals surface area (Å²) in [4.78, 5) is 28.0. The molecule has 1 atom stereocenters. The van der Waals surface area contributed by atoms with E-state index in [-0.39, 0.29) is 35.5 Å². The van der Waals surface area contributed by atoms with Crippen LogP contribution in [-0.4, -0.2) is 43.7 Å². The van der Waals surface area contributed by atoms with Gasteiger partial charge in [0.2, 0.25) is 0 Å². The van der Waals surface area contributed by atoms with E-state index in [4.69, 9.17) is 9.15 Å². The van der Waals surface area contributed by atoms with Gasteiger partial charge in [-0.05, 0) is 48.1 Å². The van der Waals surface area contributed by atoms with Crippen molar-refractivity contribution in [1.82, 2.24) is 10.2 Å². The number of carbonyl (C=O) groups excluding carboxylic acids is 1. The molecule has 3 aromatic rings. The van der Waals surface area contributed by atoms with Crippen LogP contribution in [0.5, 0.6) is 0 Å². The van der Waals surface area contributed by atoms with Crippen LogP contribution in [0.3, 0.4) is 0 Å². The minimum Gasteiger partial charge on any atom is -0.450 e. The van der Waals surface area contributed by atoms with Crippen LogP contribution >= 0.6 is 12.4 Å². The average molecular weight is 485 g/mol. The summed E-state index contributed by atoms with van der Waals surface area (Å²) in [7, 11) is 0. The van der Waals surface area contributed by atoms with Crippen LogP contribution in [-0.2, 0) is 4.74 Å². The summed E-state index contributed by atoms with van der Waals surface area (Å²) in [5, 5.41) is 3.50. The molecule has 1 aromatic heterocycles. The fourth-order valence-corrected chi connectivity index (χ4v) is 4.45. The highest BCUT2D eigenvalue weighted by molar-refractivity contribution is 5.93. The lowest BCUT2D eigenvalue weighted by molar-refractivity contribution is 0.0161. The van der Waals surface area contributed by atoms with Gasteiger partial charge in [0, 0.05) is 25.7 Å². The van der Waals surface area contributed by atoms with E-state index < -0.39 is 0 Å². The Balaban J connectivity index is 0.00000324. The molecule has 0 bridgehead atoms. The molecule has 1 aliphatic heterocycles. The number of halogens is 1. The highest BCUT2D eigenvalue weighted by atomic mass is 35.5. The van der Waals surface area contributed by atoms with Crippen LogP contribution in [0.2, 0.25) is 0 Å². The number of hydrogen-bond acceptors (Lipinski definition) is 5. The predicted octanol–water partition coefficient (Wildman–Crippen LogP) is 4.76. The van der Waals surface area contributed by atoms with Crippen molar-refractivity contribution in [1.29, 1.82) is 0 Å². The van der Waals surface area contributed by atoms with Crippen molar-refractivity contribution in [2.24, 2.45) is 0 Å². The Hall–Kier alpha value is -2.67. The largest absolute Gasteiger partial charge is 0.450 e. The van der Waals surface area contributed by atoms with Gasteiger partial charge in [-0.2, -0.15) is 0 Å². The summed E-state index contributed by atoms with van der Waals surface area (Å²) in [6, 6.07) is 13.6. The van der Waals surface area contributed by atoms with Gasteiger partial charge in [-0.3, -0.25) is 14.5 Å². The van der Waals surface area contributed by atoms with Crippen molar-refractivity contribution in [3.63, 3.8) is 0 Å². The maximum absolute atomic E-state index is 13.0. The summed E-state index contributed by atoms with van der Waals surface area (Å²) in [6.45, 7) is 11.5. The molecule has 1 unspecified atom stereocenters. The minimum atomic E-state index is -0.383. The SMILES string of the molecule is Cc1cc(C)c2oc(C(=O)NCC(c3ccc(C(C)C)cc3)N3CCOCC3)cc(=O)c2c1.Cl. The van der Waals surface area contributed by atoms with Gasteiger partial charge in [-0.1, -0.05) is 44.2 Å². The van der Waals surface area contributed by atoms with Crippen LogP contribution in [0.25, 0.3) is 11.0 Å². The standard InChI is InChI=1S/C27H32N2O4.ClH/c1-17(2)20-5-7-21(8-6-20)23(29-9-11-32-12-10-29)16-28-27(31)25-15-24(30)22-14-18(3)13-19(4)26(22)33-25;/h5-8,13-15,17,23H,9-12,16H2,1-4H3,(H,28,31);1H. The molecule has 0 aliphatic carbocycles. The number of aryl methyl sites for hydroxylation is 2. The van der Waals surface area contributed by atoms with Crippen molar-refractivity contribution >= 4 is 29.3 Å². The fraction of sp³-hybridized carbons (Fsp3) is 0.407. The topological polar surface area (TPSA) is 71.8 Å². The maximum atomic E-state index is 13.0. The Morgan fingerprint density at radius 2 is 1.68 bits per heavy atom. The molecule has 1 fully saturated rings. The van der Waals surface area contributed by atoms with Gasteiger partial charge in [-0.15, -0.1) is 12.4 Å². The zero-order valence-corrected chi connectivity index (χ0v) is 21.0. The van der Waals surface area contributed by atoms with Crippen LogP contribution in [0.1, 0.15) is 58.6 Å². The monoisotopic (exact) mass is 484 g/mol. The molecule has 1 amide bonds. The van der Waals surface area contributed by atoms with Crippen molar-refractivity contribution in [2.75, 3.05) is 32.8 Å². The van der Waals surface area contributed by atoms with E-state index in [0.29, 0.717) is 36.6 Å². The minimum absolute atomic E-state index is 0. The van der Waals surface area contributed by atoms with Crippen molar-refractivity contribution in [3.8, 4) is 0 Å². The summed E-state index contributed by atoms with van der Waals surface area (Å²) in [5.74, 6) is 0.116. The summed E-state index contributed by atoms with van der Waals surface area (Å²) in [6.07, 6.45) is 0. The van der Waals surface area contributed by atoms with E-state index in [1.807, 2.05) is 19.9 Å². The Kier molecular flexibility index (Phi) is 8.52. The van der Waals surface area contributed by atoms with Gasteiger partial charge in [0.1, 0.15) is 5.58 Å². The molecule has 1 saturated heterocycles. The number of morpholine rings is 1. The number of ether oxygens (including phenoxy) is 1. The van der Waals surface area contributed by atoms with Gasteiger partial charge in [0.25, 0.3) is 5.91 Å². The Bertz CT molecular complexity index is 1200. The predicted molar refractivity (Wildman–Crippen MR) is 137 cm³/mol. The second-order valence-corrected chi connectivity index (χ2v) is 9.13. The number of hydrogen-bond donors (Lipinski definition) is 1. The molecule has 182 valence electrons. The van der Waals surface area contributed by atoms with E-state index in [2.05, 4.69) is 48.3 Å². The quantitative estimate of drug-likeness (QED) is 0.546. The highest BCUT2D eigenvalue weighted by Gasteiger charge is 2.24. The molecule has 1 aliphatic rings. The number of nitrogens with zero attached hydrogens (tertiary/aromatic N) is 1. The number of amides is 1. The normalized spacial score (nSPS) is 15.2. The van der Waals surface area contributed by atoms with Crippen LogP contribution in [0.15, 0.2) is 51.7 Å². The number of fused-ring (bicyclic) bond motifs is 1. The smallest absolute Gasteiger partial charge is 0.287 e. The Morgan fingerprint density at radius 1 is 1.03 bits per heavy atom. The second kappa shape index (κ2) is 11.2. The lowest BCUT2D eigenvalue weighted by Crippen LogP contribution is -2.43. The number of carbonyl (C=O) groups is 1. The van der Waals surface area contributed by atoms with Crippen molar-refractivity contribution < 1.29 is 13.9 Å². The van der Waals surface area contributed by atoms with E-state index in [1.54, 1.807) is 6.07 Å². The molecule has 0 spiro atoms. The molecule has 34 heavy (non-hydrogen) atoms. The molecule has 7 heteroatoms. The van der Waals surface area contributed by atoms with E-state index in [1.165, 1.54) is 11.6 Å². The average Bonchev–Trinajstić information content (AvgIpc) is 2.80. The lowest BCUT2D eigenvalue weighted by atomic mass is 9.98. The maximum Gasteiger partial charge on any atom is 0.287 e. The number of rotatable bonds is 6. The van der Waals surface area contributed by atoms with E-state index in [0.717, 1.165) is 29.8 Å². The molecule has 4 rings (SSSR count). The third kappa shape index (κ3) is 5.69. The zero-order chi connectivity index (χ0) is 23.5. The van der Waals surface area contributed by atoms with Gasteiger partial charge < -0.3 is 14.5 Å². The van der Waals surface area contributed by atoms with Crippen molar-refractivity contribution in [3.05, 3.63) is 80.7 Å². The van der Waals surface area contributed by atoms with Gasteiger partial charge >= 0.3 is 0 Å². The first-order valence-corrected chi connectivity index (χ1v) is 11.6. The highest BCUT2D eigenvalue weighted by Crippen LogP contribution is 2.24. The first-order chi connectivity index (χ1) is 15.8. The van der Waals surface area contributed by atoms with Crippen LogP contribution < -0.4 is 10.7 Å². The molecule has 0 saturated carbocycles. The van der Waals surface area contributed by atoms with Gasteiger partial charge in [0.05, 0.1) is 24.6 Å². The Morgan fingerprint density at radius 3 is 2.32 bits per heavy atom. The molecule has 6 nitrogen and oxygen atoms in total. The lowest BCUT2D eigenvalue weighted by Gasteiger charge is -2.35. The molecule has 0 radical (unpaired) electrons. The number of nitrogens with one attached hydrogen (secondary N) is 1. The third-order valence-electron chi connectivity index (χ3n) is 6.31. The van der Waals surface area contributed by atoms with Crippen LogP contribution in [0.4, 0.5) is 0 Å². The zero-order valence-electron chi connectivity index (χ0n) is 20.2. The second-order valence-electron chi connectivity index (χ2n) is 9.13. The summed E-state index contributed by atoms with van der Waals surface area (Å²) in [5.41, 5.74) is 4.52. The molecular weight excluding hydrogens is 452 g/mol. The molecule has 2 aromatic carbocycles. The Labute approximate surface area is 206 Å². The summed E-state index contributed by atoms with van der Waals surface area (Å²) < 4.78 is 11.4. The van der Waals surface area contributed by atoms with E-state index >= 15 is 0 Å². The van der Waals surface area contributed by atoms with Gasteiger partial charge in [-0.25, -0.2) is 0 Å². The first kappa shape index (κ1) is 25.9. The molecular formula is C27H33ClN2O4. The molecule has 2 heterocycles. The molecule has 1 N–H and O–H groups in total. The first-order valence-electron chi connectivity index (χ1n) is 11.6. The van der Waals surface area contributed by atoms with Crippen molar-refractivity contribution in [2.45, 2.75) is 39.7 Å². The summed E-state index contributed by atoms with van der Waals surface area (Å²) >= 11 is 0. The fourth-order valence-electron chi connectivity index (χ4n) is 4.45. The number of benzene rings is 2. The third-order valence-corrected chi connectivity index (χ3v) is 6.31. The van der Waals surface area contributed by atoms with Gasteiger partial charge in [0.15, 0.2) is 11.2 Å².